The van der Waals surface area contributed by atoms with Crippen LogP contribution in [-0.2, 0) is 32.0 Å². The van der Waals surface area contributed by atoms with E-state index in [1.807, 2.05) is 75.5 Å². The molecule has 0 bridgehead atoms. The zero-order valence-electron chi connectivity index (χ0n) is 21.6. The van der Waals surface area contributed by atoms with Crippen molar-refractivity contribution in [1.82, 2.24) is 20.9 Å². The van der Waals surface area contributed by atoms with Crippen molar-refractivity contribution in [1.29, 1.82) is 0 Å². The van der Waals surface area contributed by atoms with E-state index in [-0.39, 0.29) is 38.3 Å². The van der Waals surface area contributed by atoms with Crippen LogP contribution in [0.1, 0.15) is 18.1 Å². The zero-order chi connectivity index (χ0) is 29.1. The number of rotatable bonds is 13. The molecule has 13 heteroatoms. The Kier molecular flexibility index (Phi) is 13.4. The number of aromatic hydroxyl groups is 1. The summed E-state index contributed by atoms with van der Waals surface area (Å²) in [6.45, 7) is 0.900. The highest BCUT2D eigenvalue weighted by Crippen LogP contribution is 2.27. The summed E-state index contributed by atoms with van der Waals surface area (Å²) in [4.78, 5) is 51.9. The van der Waals surface area contributed by atoms with Gasteiger partial charge in [0, 0.05) is 20.0 Å². The van der Waals surface area contributed by atoms with Gasteiger partial charge in [0.05, 0.1) is 26.3 Å². The molecule has 0 aliphatic carbocycles. The van der Waals surface area contributed by atoms with Crippen LogP contribution in [0.25, 0.3) is 0 Å². The molecule has 0 aliphatic heterocycles. The number of aliphatic hydroxyl groups excluding tert-OH is 1. The minimum atomic E-state index is -0.963. The maximum atomic E-state index is 12.8. The van der Waals surface area contributed by atoms with Crippen LogP contribution in [0.2, 0.25) is 0 Å². The van der Waals surface area contributed by atoms with Gasteiger partial charge in [0.1, 0.15) is 17.8 Å². The molecule has 2 aromatic carbocycles. The van der Waals surface area contributed by atoms with Crippen molar-refractivity contribution in [3.8, 4) is 5.75 Å². The van der Waals surface area contributed by atoms with Crippen molar-refractivity contribution >= 4 is 68.8 Å². The molecule has 7 N–H and O–H groups in total. The number of likely N-dealkylation sites (N-methyl/N-ethyl adjacent to an activating group) is 1. The van der Waals surface area contributed by atoms with Crippen LogP contribution in [0, 0.1) is 7.14 Å². The lowest BCUT2D eigenvalue weighted by Gasteiger charge is -2.28. The van der Waals surface area contributed by atoms with E-state index in [4.69, 9.17) is 10.8 Å². The summed E-state index contributed by atoms with van der Waals surface area (Å²) in [6.07, 6.45) is 0.453. The predicted molar refractivity (Wildman–Crippen MR) is 163 cm³/mol. The number of aliphatic hydroxyl groups is 1. The molecule has 212 valence electrons. The number of nitrogens with one attached hydrogen (secondary N) is 3. The second-order valence-electron chi connectivity index (χ2n) is 8.89. The van der Waals surface area contributed by atoms with Gasteiger partial charge in [-0.05, 0) is 81.8 Å². The first-order chi connectivity index (χ1) is 18.4. The molecule has 2 rings (SSSR count). The number of amides is 4. The first-order valence-electron chi connectivity index (χ1n) is 12.1. The number of carbonyl (C=O) groups excluding carboxylic acids is 4. The van der Waals surface area contributed by atoms with Gasteiger partial charge in [-0.25, -0.2) is 0 Å². The first-order valence-corrected chi connectivity index (χ1v) is 14.3. The lowest BCUT2D eigenvalue weighted by molar-refractivity contribution is -0.139. The van der Waals surface area contributed by atoms with Crippen molar-refractivity contribution in [3.05, 3.63) is 60.7 Å². The number of nitrogens with zero attached hydrogens (tertiary/aromatic N) is 1. The van der Waals surface area contributed by atoms with Gasteiger partial charge in [-0.3, -0.25) is 19.2 Å². The summed E-state index contributed by atoms with van der Waals surface area (Å²) < 4.78 is 1.28. The molecule has 0 saturated carbocycles. The van der Waals surface area contributed by atoms with Crippen LogP contribution in [0.3, 0.4) is 0 Å². The maximum Gasteiger partial charge on any atom is 0.243 e. The predicted octanol–water partition coefficient (Wildman–Crippen LogP) is 0.270. The van der Waals surface area contributed by atoms with Crippen LogP contribution >= 0.6 is 45.2 Å². The second kappa shape index (κ2) is 15.9. The fourth-order valence-electron chi connectivity index (χ4n) is 3.62. The molecular weight excluding hydrogens is 732 g/mol. The van der Waals surface area contributed by atoms with Crippen LogP contribution in [-0.4, -0.2) is 83.6 Å². The Balaban J connectivity index is 1.93. The summed E-state index contributed by atoms with van der Waals surface area (Å²) in [5, 5.41) is 26.6. The van der Waals surface area contributed by atoms with Gasteiger partial charge >= 0.3 is 0 Å². The fourth-order valence-corrected chi connectivity index (χ4v) is 5.52. The normalized spacial score (nSPS) is 13.1. The van der Waals surface area contributed by atoms with E-state index in [2.05, 4.69) is 16.0 Å². The molecule has 0 heterocycles. The third-order valence-electron chi connectivity index (χ3n) is 5.88. The molecular formula is C26H33I2N5O6. The molecule has 2 aromatic rings. The summed E-state index contributed by atoms with van der Waals surface area (Å²) in [5.74, 6) is -1.89. The molecule has 11 nitrogen and oxygen atoms in total. The number of benzene rings is 2. The standard InChI is InChI=1S/C26H33I2N5O6/c1-15(32-25(38)20(29)12-17-10-18(27)23(36)19(28)11-17)24(37)31-14-22(35)33(2)21(26(39)30-8-9-34)13-16-6-4-3-5-7-16/h3-7,10-11,15,20-21,34,36H,8-9,12-14,29H2,1-2H3,(H,30,39)(H,31,37)(H,32,38)/t15-,20-,21-/m1/s1. The van der Waals surface area contributed by atoms with E-state index in [0.29, 0.717) is 7.14 Å². The third-order valence-corrected chi connectivity index (χ3v) is 7.53. The molecule has 3 atom stereocenters. The average molecular weight is 765 g/mol. The molecule has 4 amide bonds. The van der Waals surface area contributed by atoms with Gasteiger partial charge in [0.25, 0.3) is 0 Å². The minimum Gasteiger partial charge on any atom is -0.506 e. The Morgan fingerprint density at radius 3 is 2.15 bits per heavy atom. The van der Waals surface area contributed by atoms with Crippen molar-refractivity contribution in [2.24, 2.45) is 5.73 Å². The van der Waals surface area contributed by atoms with Gasteiger partial charge in [0.2, 0.25) is 23.6 Å². The lowest BCUT2D eigenvalue weighted by Crippen LogP contribution is -2.54. The molecule has 39 heavy (non-hydrogen) atoms. The number of phenolic OH excluding ortho intramolecular Hbond substituents is 1. The van der Waals surface area contributed by atoms with E-state index in [0.717, 1.165) is 11.1 Å². The summed E-state index contributed by atoms with van der Waals surface area (Å²) in [5.41, 5.74) is 7.64. The van der Waals surface area contributed by atoms with E-state index in [9.17, 15) is 24.3 Å². The Morgan fingerprint density at radius 2 is 1.56 bits per heavy atom. The zero-order valence-corrected chi connectivity index (χ0v) is 25.9. The van der Waals surface area contributed by atoms with E-state index in [1.54, 1.807) is 12.1 Å². The molecule has 0 aromatic heterocycles. The monoisotopic (exact) mass is 765 g/mol. The highest BCUT2D eigenvalue weighted by Gasteiger charge is 2.28. The Bertz CT molecular complexity index is 1140. The topological polar surface area (TPSA) is 174 Å². The number of phenols is 1. The van der Waals surface area contributed by atoms with Gasteiger partial charge in [-0.2, -0.15) is 0 Å². The summed E-state index contributed by atoms with van der Waals surface area (Å²) >= 11 is 3.99. The smallest absolute Gasteiger partial charge is 0.243 e. The molecule has 0 fully saturated rings. The van der Waals surface area contributed by atoms with Gasteiger partial charge in [-0.15, -0.1) is 0 Å². The van der Waals surface area contributed by atoms with Gasteiger partial charge in [0.15, 0.2) is 0 Å². The first kappa shape index (κ1) is 32.7. The van der Waals surface area contributed by atoms with E-state index < -0.39 is 41.8 Å². The van der Waals surface area contributed by atoms with Crippen LogP contribution in [0.5, 0.6) is 5.75 Å². The lowest BCUT2D eigenvalue weighted by atomic mass is 10.0. The maximum absolute atomic E-state index is 12.8. The molecule has 0 aliphatic rings. The van der Waals surface area contributed by atoms with Crippen molar-refractivity contribution in [2.75, 3.05) is 26.7 Å². The van der Waals surface area contributed by atoms with Crippen molar-refractivity contribution < 1.29 is 29.4 Å². The largest absolute Gasteiger partial charge is 0.506 e. The van der Waals surface area contributed by atoms with E-state index in [1.165, 1.54) is 18.9 Å². The average Bonchev–Trinajstić information content (AvgIpc) is 2.91. The SMILES string of the molecule is C[C@@H](NC(=O)[C@H](N)Cc1cc(I)c(O)c(I)c1)C(=O)NCC(=O)N(C)[C@H](Cc1ccccc1)C(=O)NCCO. The van der Waals surface area contributed by atoms with Crippen LogP contribution < -0.4 is 21.7 Å². The number of nitrogens with two attached hydrogens (primary N) is 1. The fraction of sp³-hybridized carbons (Fsp3) is 0.385. The van der Waals surface area contributed by atoms with Crippen molar-refractivity contribution in [3.63, 3.8) is 0 Å². The van der Waals surface area contributed by atoms with Crippen LogP contribution in [0.4, 0.5) is 0 Å². The number of carbonyl (C=O) groups is 4. The van der Waals surface area contributed by atoms with Crippen molar-refractivity contribution in [2.45, 2.75) is 37.9 Å². The molecule has 0 radical (unpaired) electrons. The Morgan fingerprint density at radius 1 is 0.949 bits per heavy atom. The highest BCUT2D eigenvalue weighted by atomic mass is 127. The second-order valence-corrected chi connectivity index (χ2v) is 11.2. The minimum absolute atomic E-state index is 0.0491. The third kappa shape index (κ3) is 10.2. The number of hydrogen-bond acceptors (Lipinski definition) is 7. The van der Waals surface area contributed by atoms with Gasteiger partial charge < -0.3 is 36.8 Å². The van der Waals surface area contributed by atoms with E-state index >= 15 is 0 Å². The molecule has 0 unspecified atom stereocenters. The quantitative estimate of drug-likeness (QED) is 0.159. The number of hydrogen-bond donors (Lipinski definition) is 6. The number of halogens is 2. The highest BCUT2D eigenvalue weighted by molar-refractivity contribution is 14.1. The summed E-state index contributed by atoms with van der Waals surface area (Å²) in [7, 11) is 1.47. The Hall–Kier alpha value is -2.50. The Labute approximate surface area is 254 Å². The van der Waals surface area contributed by atoms with Gasteiger partial charge in [-0.1, -0.05) is 30.3 Å². The van der Waals surface area contributed by atoms with Crippen LogP contribution in [0.15, 0.2) is 42.5 Å². The molecule has 0 saturated heterocycles. The summed E-state index contributed by atoms with van der Waals surface area (Å²) in [6, 6.07) is 9.89. The molecule has 0 spiro atoms.